The highest BCUT2D eigenvalue weighted by atomic mass is 16.6. The lowest BCUT2D eigenvalue weighted by Crippen LogP contribution is -2.40. The zero-order valence-electron chi connectivity index (χ0n) is 14.1. The molecule has 3 rings (SSSR count). The lowest BCUT2D eigenvalue weighted by molar-refractivity contribution is -0.384. The maximum absolute atomic E-state index is 11.2. The van der Waals surface area contributed by atoms with Gasteiger partial charge in [-0.2, -0.15) is 0 Å². The van der Waals surface area contributed by atoms with E-state index in [-0.39, 0.29) is 16.9 Å². The van der Waals surface area contributed by atoms with Crippen molar-refractivity contribution in [2.24, 2.45) is 0 Å². The minimum Gasteiger partial charge on any atom is -0.496 e. The second kappa shape index (κ2) is 7.48. The average Bonchev–Trinajstić information content (AvgIpc) is 2.67. The van der Waals surface area contributed by atoms with Crippen LogP contribution >= 0.6 is 0 Å². The van der Waals surface area contributed by atoms with Gasteiger partial charge < -0.3 is 14.8 Å². The lowest BCUT2D eigenvalue weighted by Gasteiger charge is -2.38. The van der Waals surface area contributed by atoms with E-state index < -0.39 is 4.92 Å². The van der Waals surface area contributed by atoms with Crippen LogP contribution in [0.2, 0.25) is 0 Å². The van der Waals surface area contributed by atoms with Crippen LogP contribution in [-0.2, 0) is 10.2 Å². The van der Waals surface area contributed by atoms with Crippen LogP contribution in [-0.4, -0.2) is 36.8 Å². The number of hydrogen-bond donors (Lipinski definition) is 1. The van der Waals surface area contributed by atoms with E-state index in [9.17, 15) is 10.1 Å². The fourth-order valence-electron chi connectivity index (χ4n) is 3.32. The molecule has 2 heterocycles. The predicted molar refractivity (Wildman–Crippen MR) is 94.1 cm³/mol. The zero-order chi connectivity index (χ0) is 17.7. The Morgan fingerprint density at radius 3 is 2.76 bits per heavy atom. The van der Waals surface area contributed by atoms with E-state index in [1.165, 1.54) is 6.07 Å². The molecule has 25 heavy (non-hydrogen) atoms. The first-order valence-corrected chi connectivity index (χ1v) is 8.21. The fourth-order valence-corrected chi connectivity index (χ4v) is 3.32. The van der Waals surface area contributed by atoms with E-state index in [4.69, 9.17) is 9.47 Å². The van der Waals surface area contributed by atoms with Crippen LogP contribution in [0, 0.1) is 10.1 Å². The molecule has 1 saturated heterocycles. The Labute approximate surface area is 146 Å². The van der Waals surface area contributed by atoms with Crippen LogP contribution < -0.4 is 10.1 Å². The number of benzene rings is 1. The number of aromatic nitrogens is 1. The number of hydrogen-bond acceptors (Lipinski definition) is 6. The van der Waals surface area contributed by atoms with E-state index in [1.54, 1.807) is 19.4 Å². The molecule has 0 bridgehead atoms. The largest absolute Gasteiger partial charge is 0.496 e. The number of ether oxygens (including phenoxy) is 2. The molecule has 1 N–H and O–H groups in total. The van der Waals surface area contributed by atoms with Crippen molar-refractivity contribution in [3.8, 4) is 5.75 Å². The third-order valence-corrected chi connectivity index (χ3v) is 4.71. The Balaban J connectivity index is 1.91. The molecule has 1 fully saturated rings. The van der Waals surface area contributed by atoms with E-state index >= 15 is 0 Å². The van der Waals surface area contributed by atoms with Gasteiger partial charge >= 0.3 is 5.69 Å². The van der Waals surface area contributed by atoms with Crippen molar-refractivity contribution < 1.29 is 14.4 Å². The van der Waals surface area contributed by atoms with Crippen molar-refractivity contribution in [2.45, 2.75) is 18.3 Å². The van der Waals surface area contributed by atoms with Gasteiger partial charge in [-0.25, -0.2) is 4.98 Å². The quantitative estimate of drug-likeness (QED) is 0.640. The molecule has 0 aliphatic carbocycles. The van der Waals surface area contributed by atoms with Crippen LogP contribution in [0.15, 0.2) is 42.6 Å². The molecule has 1 aliphatic heterocycles. The van der Waals surface area contributed by atoms with Gasteiger partial charge in [0, 0.05) is 43.0 Å². The highest BCUT2D eigenvalue weighted by molar-refractivity contribution is 5.56. The summed E-state index contributed by atoms with van der Waals surface area (Å²) >= 11 is 0. The van der Waals surface area contributed by atoms with Crippen LogP contribution in [0.25, 0.3) is 0 Å². The normalized spacial score (nSPS) is 16.2. The summed E-state index contributed by atoms with van der Waals surface area (Å²) in [6.07, 6.45) is 3.16. The summed E-state index contributed by atoms with van der Waals surface area (Å²) < 4.78 is 11.1. The summed E-state index contributed by atoms with van der Waals surface area (Å²) in [6.45, 7) is 1.81. The minimum absolute atomic E-state index is 0.0234. The SMILES string of the molecule is COc1ccccc1C1(CNc2ncccc2[N+](=O)[O-])CCOCC1. The Morgan fingerprint density at radius 1 is 1.28 bits per heavy atom. The molecule has 0 radical (unpaired) electrons. The first-order chi connectivity index (χ1) is 12.2. The second-order valence-electron chi connectivity index (χ2n) is 6.07. The number of methoxy groups -OCH3 is 1. The van der Waals surface area contributed by atoms with Crippen LogP contribution in [0.1, 0.15) is 18.4 Å². The number of rotatable bonds is 6. The van der Waals surface area contributed by atoms with Gasteiger partial charge in [-0.3, -0.25) is 10.1 Å². The summed E-state index contributed by atoms with van der Waals surface area (Å²) in [5, 5.41) is 14.4. The molecule has 1 aliphatic rings. The van der Waals surface area contributed by atoms with Gasteiger partial charge in [0.2, 0.25) is 5.82 Å². The molecular formula is C18H21N3O4. The number of nitrogens with zero attached hydrogens (tertiary/aromatic N) is 2. The summed E-state index contributed by atoms with van der Waals surface area (Å²) in [5.41, 5.74) is 0.840. The number of pyridine rings is 1. The van der Waals surface area contributed by atoms with E-state index in [0.717, 1.165) is 24.2 Å². The summed E-state index contributed by atoms with van der Waals surface area (Å²) in [7, 11) is 1.66. The molecule has 0 atom stereocenters. The monoisotopic (exact) mass is 343 g/mol. The summed E-state index contributed by atoms with van der Waals surface area (Å²) in [6, 6.07) is 10.9. The molecule has 7 heteroatoms. The topological polar surface area (TPSA) is 86.5 Å². The molecule has 0 saturated carbocycles. The maximum atomic E-state index is 11.2. The molecule has 2 aromatic rings. The van der Waals surface area contributed by atoms with Gasteiger partial charge in [0.1, 0.15) is 5.75 Å². The number of para-hydroxylation sites is 1. The van der Waals surface area contributed by atoms with Crippen LogP contribution in [0.3, 0.4) is 0 Å². The smallest absolute Gasteiger partial charge is 0.311 e. The van der Waals surface area contributed by atoms with E-state index in [0.29, 0.717) is 19.8 Å². The first kappa shape index (κ1) is 17.2. The van der Waals surface area contributed by atoms with Crippen molar-refractivity contribution >= 4 is 11.5 Å². The average molecular weight is 343 g/mol. The molecule has 0 amide bonds. The third kappa shape index (κ3) is 3.56. The molecule has 1 aromatic heterocycles. The summed E-state index contributed by atoms with van der Waals surface area (Å²) in [5.74, 6) is 1.11. The molecule has 0 unspecified atom stereocenters. The highest BCUT2D eigenvalue weighted by Gasteiger charge is 2.37. The van der Waals surface area contributed by atoms with E-state index in [2.05, 4.69) is 16.4 Å². The Hall–Kier alpha value is -2.67. The zero-order valence-corrected chi connectivity index (χ0v) is 14.1. The van der Waals surface area contributed by atoms with E-state index in [1.807, 2.05) is 18.2 Å². The van der Waals surface area contributed by atoms with Gasteiger partial charge in [0.25, 0.3) is 0 Å². The van der Waals surface area contributed by atoms with Crippen LogP contribution in [0.5, 0.6) is 5.75 Å². The molecule has 0 spiro atoms. The van der Waals surface area contributed by atoms with Gasteiger partial charge in [0.05, 0.1) is 12.0 Å². The second-order valence-corrected chi connectivity index (χ2v) is 6.07. The Kier molecular flexibility index (Phi) is 5.14. The van der Waals surface area contributed by atoms with Crippen molar-refractivity contribution in [1.29, 1.82) is 0 Å². The Morgan fingerprint density at radius 2 is 2.04 bits per heavy atom. The van der Waals surface area contributed by atoms with Gasteiger partial charge in [-0.1, -0.05) is 18.2 Å². The molecule has 7 nitrogen and oxygen atoms in total. The molecule has 1 aromatic carbocycles. The van der Waals surface area contributed by atoms with Crippen molar-refractivity contribution in [2.75, 3.05) is 32.2 Å². The molecule has 132 valence electrons. The highest BCUT2D eigenvalue weighted by Crippen LogP contribution is 2.40. The van der Waals surface area contributed by atoms with Crippen molar-refractivity contribution in [3.05, 3.63) is 58.3 Å². The summed E-state index contributed by atoms with van der Waals surface area (Å²) in [4.78, 5) is 14.9. The first-order valence-electron chi connectivity index (χ1n) is 8.21. The molecular weight excluding hydrogens is 322 g/mol. The van der Waals surface area contributed by atoms with Crippen molar-refractivity contribution in [3.63, 3.8) is 0 Å². The fraction of sp³-hybridized carbons (Fsp3) is 0.389. The van der Waals surface area contributed by atoms with Gasteiger partial charge in [-0.05, 0) is 25.0 Å². The number of anilines is 1. The third-order valence-electron chi connectivity index (χ3n) is 4.71. The number of nitrogens with one attached hydrogen (secondary N) is 1. The lowest BCUT2D eigenvalue weighted by atomic mass is 9.73. The number of nitro groups is 1. The van der Waals surface area contributed by atoms with Crippen LogP contribution in [0.4, 0.5) is 11.5 Å². The van der Waals surface area contributed by atoms with Crippen molar-refractivity contribution in [1.82, 2.24) is 4.98 Å². The minimum atomic E-state index is -0.422. The van der Waals surface area contributed by atoms with Gasteiger partial charge in [-0.15, -0.1) is 0 Å². The Bertz CT molecular complexity index is 745. The van der Waals surface area contributed by atoms with Gasteiger partial charge in [0.15, 0.2) is 0 Å². The predicted octanol–water partition coefficient (Wildman–Crippen LogP) is 3.16. The maximum Gasteiger partial charge on any atom is 0.311 e. The standard InChI is InChI=1S/C18H21N3O4/c1-24-16-7-3-2-5-14(16)18(8-11-25-12-9-18)13-20-17-15(21(22)23)6-4-10-19-17/h2-7,10H,8-9,11-13H2,1H3,(H,19,20).